The minimum Gasteiger partial charge on any atom is -0.345 e. The fourth-order valence-electron chi connectivity index (χ4n) is 2.79. The zero-order chi connectivity index (χ0) is 16.7. The van der Waals surface area contributed by atoms with Gasteiger partial charge in [-0.15, -0.1) is 5.10 Å². The summed E-state index contributed by atoms with van der Waals surface area (Å²) in [4.78, 5) is 24.5. The van der Waals surface area contributed by atoms with Crippen LogP contribution in [0.3, 0.4) is 0 Å². The largest absolute Gasteiger partial charge is 0.367 e. The molecule has 0 atom stereocenters. The molecule has 2 aromatic heterocycles. The maximum Gasteiger partial charge on any atom is 0.367 e. The molecule has 1 saturated carbocycles. The van der Waals surface area contributed by atoms with E-state index in [4.69, 9.17) is 11.6 Å². The molecule has 0 bridgehead atoms. The fourth-order valence-corrected chi connectivity index (χ4v) is 2.91. The molecule has 1 aromatic carbocycles. The molecule has 7 nitrogen and oxygen atoms in total. The van der Waals surface area contributed by atoms with Crippen LogP contribution >= 0.6 is 11.6 Å². The van der Waals surface area contributed by atoms with Crippen molar-refractivity contribution in [2.24, 2.45) is 0 Å². The summed E-state index contributed by atoms with van der Waals surface area (Å²) in [6.45, 7) is -0.141. The molecule has 2 heterocycles. The number of nitrogens with zero attached hydrogens (tertiary/aromatic N) is 4. The molecule has 3 aromatic rings. The maximum atomic E-state index is 12.4. The Morgan fingerprint density at radius 2 is 2.00 bits per heavy atom. The number of carbonyl (C=O) groups excluding carboxylic acids is 1. The number of rotatable bonds is 4. The topological polar surface area (TPSA) is 81.3 Å². The van der Waals surface area contributed by atoms with Gasteiger partial charge in [0.1, 0.15) is 6.54 Å². The van der Waals surface area contributed by atoms with E-state index in [1.165, 1.54) is 10.7 Å². The van der Waals surface area contributed by atoms with Crippen LogP contribution in [0.1, 0.15) is 18.4 Å². The molecule has 1 aliphatic carbocycles. The lowest BCUT2D eigenvalue weighted by molar-refractivity contribution is -0.123. The molecule has 1 fully saturated rings. The number of hydrogen-bond acceptors (Lipinski definition) is 4. The summed E-state index contributed by atoms with van der Waals surface area (Å²) in [5.41, 5.74) is 0.637. The number of halogens is 1. The Kier molecular flexibility index (Phi) is 3.38. The van der Waals surface area contributed by atoms with Gasteiger partial charge in [-0.2, -0.15) is 9.61 Å². The summed E-state index contributed by atoms with van der Waals surface area (Å²) in [6.07, 6.45) is 3.23. The first kappa shape index (κ1) is 14.9. The van der Waals surface area contributed by atoms with Crippen molar-refractivity contribution < 1.29 is 4.79 Å². The molecular weight excluding hydrogens is 330 g/mol. The molecule has 0 spiro atoms. The maximum absolute atomic E-state index is 12.4. The van der Waals surface area contributed by atoms with Crippen molar-refractivity contribution in [2.75, 3.05) is 0 Å². The minimum atomic E-state index is -0.433. The van der Waals surface area contributed by atoms with E-state index in [-0.39, 0.29) is 18.0 Å². The van der Waals surface area contributed by atoms with E-state index in [9.17, 15) is 9.59 Å². The van der Waals surface area contributed by atoms with Crippen molar-refractivity contribution in [3.63, 3.8) is 0 Å². The first-order valence-corrected chi connectivity index (χ1v) is 7.93. The number of fused-ring (bicyclic) bond motifs is 1. The summed E-state index contributed by atoms with van der Waals surface area (Å²) in [5.74, 6) is -0.257. The van der Waals surface area contributed by atoms with E-state index in [2.05, 4.69) is 15.5 Å². The summed E-state index contributed by atoms with van der Waals surface area (Å²) in [6, 6.07) is 10.8. The van der Waals surface area contributed by atoms with Crippen LogP contribution in [-0.4, -0.2) is 25.3 Å². The summed E-state index contributed by atoms with van der Waals surface area (Å²) < 4.78 is 2.29. The number of hydrogen-bond donors (Lipinski definition) is 1. The SMILES string of the molecule is O=C(Cn1nc2cccnn2c1=O)NC1(c2ccc(Cl)cc2)CC1. The number of carbonyl (C=O) groups is 1. The van der Waals surface area contributed by atoms with E-state index >= 15 is 0 Å². The van der Waals surface area contributed by atoms with Gasteiger partial charge in [0, 0.05) is 11.2 Å². The molecule has 1 N–H and O–H groups in total. The van der Waals surface area contributed by atoms with Crippen LogP contribution in [0.5, 0.6) is 0 Å². The highest BCUT2D eigenvalue weighted by molar-refractivity contribution is 6.30. The smallest absolute Gasteiger partial charge is 0.345 e. The van der Waals surface area contributed by atoms with Gasteiger partial charge in [-0.05, 0) is 42.7 Å². The lowest BCUT2D eigenvalue weighted by atomic mass is 10.1. The normalized spacial score (nSPS) is 15.4. The van der Waals surface area contributed by atoms with Gasteiger partial charge >= 0.3 is 5.69 Å². The van der Waals surface area contributed by atoms with Gasteiger partial charge in [0.05, 0.1) is 5.54 Å². The lowest BCUT2D eigenvalue weighted by Gasteiger charge is -2.17. The molecular formula is C16H14ClN5O2. The van der Waals surface area contributed by atoms with Crippen LogP contribution in [0, 0.1) is 0 Å². The second-order valence-electron chi connectivity index (χ2n) is 5.87. The Balaban J connectivity index is 1.53. The van der Waals surface area contributed by atoms with Gasteiger partial charge in [0.2, 0.25) is 5.91 Å². The molecule has 8 heteroatoms. The molecule has 122 valence electrons. The minimum absolute atomic E-state index is 0.141. The number of amides is 1. The second-order valence-corrected chi connectivity index (χ2v) is 6.31. The van der Waals surface area contributed by atoms with Crippen LogP contribution in [0.15, 0.2) is 47.4 Å². The van der Waals surface area contributed by atoms with Gasteiger partial charge in [0.15, 0.2) is 5.65 Å². The average molecular weight is 344 g/mol. The van der Waals surface area contributed by atoms with Crippen molar-refractivity contribution in [3.05, 3.63) is 63.7 Å². The van der Waals surface area contributed by atoms with E-state index in [0.29, 0.717) is 10.7 Å². The highest BCUT2D eigenvalue weighted by Crippen LogP contribution is 2.45. The fraction of sp³-hybridized carbons (Fsp3) is 0.250. The molecule has 0 aliphatic heterocycles. The zero-order valence-electron chi connectivity index (χ0n) is 12.6. The number of benzene rings is 1. The van der Waals surface area contributed by atoms with E-state index in [1.54, 1.807) is 24.3 Å². The molecule has 0 radical (unpaired) electrons. The third-order valence-electron chi connectivity index (χ3n) is 4.17. The first-order valence-electron chi connectivity index (χ1n) is 7.55. The van der Waals surface area contributed by atoms with E-state index in [1.807, 2.05) is 12.1 Å². The van der Waals surface area contributed by atoms with Crippen LogP contribution in [-0.2, 0) is 16.9 Å². The Bertz CT molecular complexity index is 972. The van der Waals surface area contributed by atoms with Crippen molar-refractivity contribution >= 4 is 23.2 Å². The molecule has 1 amide bonds. The number of nitrogens with one attached hydrogen (secondary N) is 1. The van der Waals surface area contributed by atoms with Gasteiger partial charge in [-0.3, -0.25) is 4.79 Å². The van der Waals surface area contributed by atoms with E-state index in [0.717, 1.165) is 23.1 Å². The molecule has 0 saturated heterocycles. The van der Waals surface area contributed by atoms with Crippen LogP contribution in [0.25, 0.3) is 5.65 Å². The van der Waals surface area contributed by atoms with Crippen LogP contribution in [0.2, 0.25) is 5.02 Å². The second kappa shape index (κ2) is 5.45. The van der Waals surface area contributed by atoms with Gasteiger partial charge in [0.25, 0.3) is 0 Å². The Morgan fingerprint density at radius 1 is 1.25 bits per heavy atom. The highest BCUT2D eigenvalue weighted by Gasteiger charge is 2.45. The third kappa shape index (κ3) is 2.56. The predicted molar refractivity (Wildman–Crippen MR) is 87.8 cm³/mol. The van der Waals surface area contributed by atoms with Crippen LogP contribution in [0.4, 0.5) is 0 Å². The van der Waals surface area contributed by atoms with Crippen molar-refractivity contribution in [3.8, 4) is 0 Å². The van der Waals surface area contributed by atoms with Gasteiger partial charge < -0.3 is 5.32 Å². The molecule has 1 aliphatic rings. The Morgan fingerprint density at radius 3 is 2.67 bits per heavy atom. The number of aromatic nitrogens is 4. The lowest BCUT2D eigenvalue weighted by Crippen LogP contribution is -2.39. The average Bonchev–Trinajstić information content (AvgIpc) is 3.28. The van der Waals surface area contributed by atoms with Crippen LogP contribution < -0.4 is 11.0 Å². The zero-order valence-corrected chi connectivity index (χ0v) is 13.4. The third-order valence-corrected chi connectivity index (χ3v) is 4.43. The van der Waals surface area contributed by atoms with Gasteiger partial charge in [-0.25, -0.2) is 9.48 Å². The summed E-state index contributed by atoms with van der Waals surface area (Å²) in [5, 5.41) is 11.7. The standard InChI is InChI=1S/C16H14ClN5O2/c17-12-5-3-11(4-6-12)16(7-8-16)19-14(23)10-21-15(24)22-13(20-21)2-1-9-18-22/h1-6,9H,7-8,10H2,(H,19,23). The van der Waals surface area contributed by atoms with Crippen molar-refractivity contribution in [1.29, 1.82) is 0 Å². The predicted octanol–water partition coefficient (Wildman–Crippen LogP) is 1.35. The first-order chi connectivity index (χ1) is 11.6. The van der Waals surface area contributed by atoms with Gasteiger partial charge in [-0.1, -0.05) is 23.7 Å². The molecule has 0 unspecified atom stereocenters. The summed E-state index contributed by atoms with van der Waals surface area (Å²) >= 11 is 5.91. The Labute approximate surface area is 141 Å². The quantitative estimate of drug-likeness (QED) is 0.775. The summed E-state index contributed by atoms with van der Waals surface area (Å²) in [7, 11) is 0. The van der Waals surface area contributed by atoms with Crippen molar-refractivity contribution in [2.45, 2.75) is 24.9 Å². The molecule has 4 rings (SSSR count). The van der Waals surface area contributed by atoms with Crippen molar-refractivity contribution in [1.82, 2.24) is 24.7 Å². The monoisotopic (exact) mass is 343 g/mol. The highest BCUT2D eigenvalue weighted by atomic mass is 35.5. The molecule has 24 heavy (non-hydrogen) atoms. The Hall–Kier alpha value is -2.67. The van der Waals surface area contributed by atoms with E-state index < -0.39 is 5.69 Å².